The van der Waals surface area contributed by atoms with Crippen molar-refractivity contribution >= 4 is 23.4 Å². The van der Waals surface area contributed by atoms with Gasteiger partial charge >= 0.3 is 0 Å². The summed E-state index contributed by atoms with van der Waals surface area (Å²) in [6.07, 6.45) is 6.79. The number of hydrogen-bond acceptors (Lipinski definition) is 5. The van der Waals surface area contributed by atoms with Gasteiger partial charge in [-0.1, -0.05) is 39.5 Å². The lowest BCUT2D eigenvalue weighted by Gasteiger charge is -2.26. The molecule has 0 radical (unpaired) electrons. The topological polar surface area (TPSA) is 97.0 Å². The number of ether oxygens (including phenoxy) is 2. The number of amides is 3. The quantitative estimate of drug-likeness (QED) is 0.659. The van der Waals surface area contributed by atoms with Crippen LogP contribution in [0.2, 0.25) is 0 Å². The average Bonchev–Trinajstić information content (AvgIpc) is 3.30. The van der Waals surface area contributed by atoms with Crippen LogP contribution in [-0.2, 0) is 14.4 Å². The Morgan fingerprint density at radius 2 is 1.78 bits per heavy atom. The van der Waals surface area contributed by atoms with Crippen LogP contribution in [0, 0.1) is 11.8 Å². The van der Waals surface area contributed by atoms with E-state index in [1.54, 1.807) is 23.1 Å². The van der Waals surface area contributed by atoms with Gasteiger partial charge in [-0.15, -0.1) is 0 Å². The van der Waals surface area contributed by atoms with E-state index >= 15 is 0 Å². The van der Waals surface area contributed by atoms with E-state index in [9.17, 15) is 14.4 Å². The smallest absolute Gasteiger partial charge is 0.243 e. The summed E-state index contributed by atoms with van der Waals surface area (Å²) in [5, 5.41) is 6.07. The Balaban J connectivity index is 1.37. The first-order chi connectivity index (χ1) is 15.4. The number of rotatable bonds is 6. The molecule has 2 heterocycles. The highest BCUT2D eigenvalue weighted by Crippen LogP contribution is 2.37. The molecule has 2 aliphatic heterocycles. The van der Waals surface area contributed by atoms with Crippen molar-refractivity contribution in [3.05, 3.63) is 18.2 Å². The molecule has 8 nitrogen and oxygen atoms in total. The predicted octanol–water partition coefficient (Wildman–Crippen LogP) is 2.75. The first-order valence-electron chi connectivity index (χ1n) is 11.7. The number of nitrogens with zero attached hydrogens (tertiary/aromatic N) is 1. The van der Waals surface area contributed by atoms with Gasteiger partial charge in [-0.2, -0.15) is 0 Å². The van der Waals surface area contributed by atoms with Crippen molar-refractivity contribution in [3.8, 4) is 11.5 Å². The molecule has 0 spiro atoms. The van der Waals surface area contributed by atoms with E-state index < -0.39 is 12.0 Å². The summed E-state index contributed by atoms with van der Waals surface area (Å²) in [5.41, 5.74) is 0.682. The second-order valence-corrected chi connectivity index (χ2v) is 9.37. The lowest BCUT2D eigenvalue weighted by atomic mass is 10.00. The van der Waals surface area contributed by atoms with E-state index in [1.807, 2.05) is 13.8 Å². The van der Waals surface area contributed by atoms with Crippen LogP contribution in [0.15, 0.2) is 18.2 Å². The molecule has 1 aromatic rings. The van der Waals surface area contributed by atoms with Crippen molar-refractivity contribution in [1.82, 2.24) is 10.6 Å². The fourth-order valence-electron chi connectivity index (χ4n) is 4.71. The first-order valence-corrected chi connectivity index (χ1v) is 11.7. The van der Waals surface area contributed by atoms with E-state index in [4.69, 9.17) is 9.47 Å². The third-order valence-electron chi connectivity index (χ3n) is 6.61. The van der Waals surface area contributed by atoms with Crippen LogP contribution in [0.4, 0.5) is 5.69 Å². The highest BCUT2D eigenvalue weighted by atomic mass is 16.7. The number of benzene rings is 1. The van der Waals surface area contributed by atoms with Crippen LogP contribution in [0.3, 0.4) is 0 Å². The molecule has 1 saturated carbocycles. The molecule has 8 heteroatoms. The molecule has 1 aliphatic carbocycles. The molecule has 2 N–H and O–H groups in total. The van der Waals surface area contributed by atoms with Gasteiger partial charge in [0.15, 0.2) is 11.5 Å². The Morgan fingerprint density at radius 3 is 2.50 bits per heavy atom. The number of fused-ring (bicyclic) bond motifs is 1. The van der Waals surface area contributed by atoms with E-state index in [0.29, 0.717) is 17.2 Å². The van der Waals surface area contributed by atoms with Crippen molar-refractivity contribution in [2.45, 2.75) is 70.9 Å². The van der Waals surface area contributed by atoms with Crippen LogP contribution in [0.1, 0.15) is 58.8 Å². The van der Waals surface area contributed by atoms with Gasteiger partial charge in [-0.3, -0.25) is 14.4 Å². The minimum Gasteiger partial charge on any atom is -0.454 e. The molecular formula is C24H33N3O5. The molecule has 32 heavy (non-hydrogen) atoms. The van der Waals surface area contributed by atoms with Gasteiger partial charge in [0.2, 0.25) is 24.5 Å². The molecule has 3 aliphatic rings. The Labute approximate surface area is 189 Å². The monoisotopic (exact) mass is 443 g/mol. The zero-order valence-corrected chi connectivity index (χ0v) is 18.9. The Hall–Kier alpha value is -2.77. The van der Waals surface area contributed by atoms with Gasteiger partial charge < -0.3 is 25.0 Å². The summed E-state index contributed by atoms with van der Waals surface area (Å²) < 4.78 is 10.7. The minimum atomic E-state index is -0.611. The molecule has 4 rings (SSSR count). The molecule has 3 amide bonds. The van der Waals surface area contributed by atoms with E-state index in [-0.39, 0.29) is 49.4 Å². The lowest BCUT2D eigenvalue weighted by Crippen LogP contribution is -2.53. The van der Waals surface area contributed by atoms with Gasteiger partial charge in [-0.05, 0) is 30.9 Å². The molecule has 2 unspecified atom stereocenters. The van der Waals surface area contributed by atoms with Crippen molar-refractivity contribution in [2.24, 2.45) is 11.8 Å². The van der Waals surface area contributed by atoms with E-state index in [2.05, 4.69) is 10.6 Å². The molecule has 0 aromatic heterocycles. The fourth-order valence-corrected chi connectivity index (χ4v) is 4.71. The largest absolute Gasteiger partial charge is 0.454 e. The van der Waals surface area contributed by atoms with Crippen molar-refractivity contribution in [2.75, 3.05) is 18.2 Å². The number of carbonyl (C=O) groups excluding carboxylic acids is 3. The number of carbonyl (C=O) groups is 3. The molecule has 0 bridgehead atoms. The van der Waals surface area contributed by atoms with Gasteiger partial charge in [0.05, 0.1) is 5.92 Å². The fraction of sp³-hybridized carbons (Fsp3) is 0.625. The highest BCUT2D eigenvalue weighted by molar-refractivity contribution is 6.01. The third kappa shape index (κ3) is 5.00. The SMILES string of the molecule is CC(C)C(NC(=O)C1CC(=O)N(c2ccc3c(c2)OCO3)C1)C(=O)NC1CCCCCC1. The van der Waals surface area contributed by atoms with Gasteiger partial charge in [0.1, 0.15) is 6.04 Å². The van der Waals surface area contributed by atoms with Gasteiger partial charge in [0, 0.05) is 30.8 Å². The molecule has 1 saturated heterocycles. The molecular weight excluding hydrogens is 410 g/mol. The second kappa shape index (κ2) is 9.79. The highest BCUT2D eigenvalue weighted by Gasteiger charge is 2.37. The number of anilines is 1. The molecule has 1 aromatic carbocycles. The van der Waals surface area contributed by atoms with Crippen LogP contribution in [-0.4, -0.2) is 43.1 Å². The molecule has 2 atom stereocenters. The maximum Gasteiger partial charge on any atom is 0.243 e. The van der Waals surface area contributed by atoms with Crippen LogP contribution >= 0.6 is 0 Å². The maximum atomic E-state index is 13.0. The maximum absolute atomic E-state index is 13.0. The summed E-state index contributed by atoms with van der Waals surface area (Å²) in [6.45, 7) is 4.29. The van der Waals surface area contributed by atoms with Crippen LogP contribution in [0.25, 0.3) is 0 Å². The Bertz CT molecular complexity index is 863. The van der Waals surface area contributed by atoms with Gasteiger partial charge in [-0.25, -0.2) is 0 Å². The standard InChI is InChI=1S/C24H33N3O5/c1-15(2)22(24(30)25-17-7-5-3-4-6-8-17)26-23(29)16-11-21(28)27(13-16)18-9-10-19-20(12-18)32-14-31-19/h9-10,12,15-17,22H,3-8,11,13-14H2,1-2H3,(H,25,30)(H,26,29). The van der Waals surface area contributed by atoms with Gasteiger partial charge in [0.25, 0.3) is 0 Å². The molecule has 2 fully saturated rings. The van der Waals surface area contributed by atoms with E-state index in [1.165, 1.54) is 12.8 Å². The Kier molecular flexibility index (Phi) is 6.86. The zero-order chi connectivity index (χ0) is 22.7. The first kappa shape index (κ1) is 22.4. The summed E-state index contributed by atoms with van der Waals surface area (Å²) in [6, 6.07) is 4.89. The lowest BCUT2D eigenvalue weighted by molar-refractivity contribution is -0.132. The summed E-state index contributed by atoms with van der Waals surface area (Å²) >= 11 is 0. The van der Waals surface area contributed by atoms with Crippen molar-refractivity contribution in [1.29, 1.82) is 0 Å². The number of nitrogens with one attached hydrogen (secondary N) is 2. The zero-order valence-electron chi connectivity index (χ0n) is 18.9. The second-order valence-electron chi connectivity index (χ2n) is 9.37. The number of hydrogen-bond donors (Lipinski definition) is 2. The third-order valence-corrected chi connectivity index (χ3v) is 6.61. The van der Waals surface area contributed by atoms with Crippen LogP contribution < -0.4 is 25.0 Å². The Morgan fingerprint density at radius 1 is 1.06 bits per heavy atom. The normalized spacial score (nSPS) is 22.0. The summed E-state index contributed by atoms with van der Waals surface area (Å²) in [7, 11) is 0. The van der Waals surface area contributed by atoms with Crippen molar-refractivity contribution in [3.63, 3.8) is 0 Å². The predicted molar refractivity (Wildman–Crippen MR) is 119 cm³/mol. The van der Waals surface area contributed by atoms with Crippen LogP contribution in [0.5, 0.6) is 11.5 Å². The minimum absolute atomic E-state index is 0.0493. The summed E-state index contributed by atoms with van der Waals surface area (Å²) in [4.78, 5) is 40.2. The van der Waals surface area contributed by atoms with E-state index in [0.717, 1.165) is 25.7 Å². The van der Waals surface area contributed by atoms with Crippen molar-refractivity contribution < 1.29 is 23.9 Å². The summed E-state index contributed by atoms with van der Waals surface area (Å²) in [5.74, 6) is 0.195. The average molecular weight is 444 g/mol. The molecule has 174 valence electrons.